The fourth-order valence-corrected chi connectivity index (χ4v) is 2.69. The van der Waals surface area contributed by atoms with Crippen LogP contribution in [0.25, 0.3) is 0 Å². The van der Waals surface area contributed by atoms with Gasteiger partial charge >= 0.3 is 0 Å². The Morgan fingerprint density at radius 1 is 1.50 bits per heavy atom. The first-order valence-corrected chi connectivity index (χ1v) is 7.60. The molecular formula is C13H20BrNS. The Balaban J connectivity index is 2.66. The molecule has 0 aromatic carbocycles. The van der Waals surface area contributed by atoms with Crippen molar-refractivity contribution in [2.75, 3.05) is 5.33 Å². The molecule has 1 rings (SSSR count). The third-order valence-corrected chi connectivity index (χ3v) is 3.66. The molecule has 0 N–H and O–H groups in total. The quantitative estimate of drug-likeness (QED) is 0.579. The monoisotopic (exact) mass is 301 g/mol. The zero-order valence-electron chi connectivity index (χ0n) is 10.5. The molecule has 3 heteroatoms. The van der Waals surface area contributed by atoms with Gasteiger partial charge in [0, 0.05) is 22.5 Å². The number of aromatic nitrogens is 1. The van der Waals surface area contributed by atoms with Crippen molar-refractivity contribution in [1.82, 2.24) is 4.98 Å². The van der Waals surface area contributed by atoms with Gasteiger partial charge in [0.05, 0.1) is 10.7 Å². The van der Waals surface area contributed by atoms with Crippen LogP contribution in [0.5, 0.6) is 0 Å². The molecule has 0 bridgehead atoms. The van der Waals surface area contributed by atoms with E-state index in [1.165, 1.54) is 16.3 Å². The molecule has 1 nitrogen and oxygen atoms in total. The van der Waals surface area contributed by atoms with Gasteiger partial charge in [0.2, 0.25) is 0 Å². The summed E-state index contributed by atoms with van der Waals surface area (Å²) in [5.41, 5.74) is 2.79. The zero-order chi connectivity index (χ0) is 12.2. The van der Waals surface area contributed by atoms with Crippen molar-refractivity contribution < 1.29 is 0 Å². The summed E-state index contributed by atoms with van der Waals surface area (Å²) in [6.45, 7) is 8.80. The molecule has 0 aliphatic carbocycles. The Morgan fingerprint density at radius 3 is 2.69 bits per heavy atom. The lowest BCUT2D eigenvalue weighted by atomic mass is 9.93. The summed E-state index contributed by atoms with van der Waals surface area (Å²) in [7, 11) is 0. The zero-order valence-corrected chi connectivity index (χ0v) is 12.9. The molecule has 0 fully saturated rings. The fourth-order valence-electron chi connectivity index (χ4n) is 1.35. The highest BCUT2D eigenvalue weighted by Gasteiger charge is 2.17. The van der Waals surface area contributed by atoms with Gasteiger partial charge in [-0.25, -0.2) is 4.98 Å². The minimum absolute atomic E-state index is 0.169. The van der Waals surface area contributed by atoms with E-state index in [0.29, 0.717) is 0 Å². The van der Waals surface area contributed by atoms with Gasteiger partial charge in [-0.05, 0) is 13.3 Å². The van der Waals surface area contributed by atoms with Gasteiger partial charge in [-0.15, -0.1) is 11.3 Å². The molecule has 0 radical (unpaired) electrons. The number of hydrogen-bond acceptors (Lipinski definition) is 2. The van der Waals surface area contributed by atoms with Crippen LogP contribution in [0.2, 0.25) is 0 Å². The predicted octanol–water partition coefficient (Wildman–Crippen LogP) is 4.71. The minimum Gasteiger partial charge on any atom is -0.245 e. The van der Waals surface area contributed by atoms with E-state index in [2.05, 4.69) is 55.1 Å². The highest BCUT2D eigenvalue weighted by Crippen LogP contribution is 2.24. The highest BCUT2D eigenvalue weighted by molar-refractivity contribution is 9.09. The lowest BCUT2D eigenvalue weighted by molar-refractivity contribution is 0.571. The molecule has 0 unspecified atom stereocenters. The number of hydrogen-bond donors (Lipinski definition) is 0. The summed E-state index contributed by atoms with van der Waals surface area (Å²) >= 11 is 5.21. The van der Waals surface area contributed by atoms with E-state index in [-0.39, 0.29) is 5.41 Å². The average molecular weight is 302 g/mol. The number of rotatable bonds is 4. The number of thiazole rings is 1. The predicted molar refractivity (Wildman–Crippen MR) is 76.7 cm³/mol. The Kier molecular flexibility index (Phi) is 5.19. The van der Waals surface area contributed by atoms with Crippen LogP contribution in [0.15, 0.2) is 17.0 Å². The number of alkyl halides is 1. The molecule has 16 heavy (non-hydrogen) atoms. The molecule has 0 saturated carbocycles. The number of halogens is 1. The summed E-state index contributed by atoms with van der Waals surface area (Å²) in [5.74, 6) is 0. The second-order valence-corrected chi connectivity index (χ2v) is 6.82. The van der Waals surface area contributed by atoms with Gasteiger partial charge in [-0.2, -0.15) is 0 Å². The average Bonchev–Trinajstić information content (AvgIpc) is 2.62. The van der Waals surface area contributed by atoms with Crippen molar-refractivity contribution in [2.45, 2.75) is 46.0 Å². The van der Waals surface area contributed by atoms with E-state index in [4.69, 9.17) is 4.98 Å². The standard InChI is InChI=1S/C13H20BrNS/c1-10(6-5-7-14)8-12-15-11(9-16-12)13(2,3)4/h6,9H,5,7-8H2,1-4H3. The summed E-state index contributed by atoms with van der Waals surface area (Å²) in [4.78, 5) is 4.70. The lowest BCUT2D eigenvalue weighted by Crippen LogP contribution is -2.11. The SMILES string of the molecule is CC(=CCCBr)Cc1nc(C(C)(C)C)cs1. The molecule has 1 heterocycles. The third-order valence-electron chi connectivity index (χ3n) is 2.35. The lowest BCUT2D eigenvalue weighted by Gasteiger charge is -2.14. The van der Waals surface area contributed by atoms with E-state index < -0.39 is 0 Å². The molecule has 0 amide bonds. The molecule has 0 aliphatic rings. The van der Waals surface area contributed by atoms with Gasteiger partial charge in [0.1, 0.15) is 0 Å². The van der Waals surface area contributed by atoms with Crippen molar-refractivity contribution in [3.05, 3.63) is 27.7 Å². The van der Waals surface area contributed by atoms with Gasteiger partial charge < -0.3 is 0 Å². The third kappa shape index (κ3) is 4.38. The van der Waals surface area contributed by atoms with Crippen LogP contribution in [0.3, 0.4) is 0 Å². The van der Waals surface area contributed by atoms with E-state index in [1.807, 2.05) is 0 Å². The maximum atomic E-state index is 4.70. The topological polar surface area (TPSA) is 12.9 Å². The molecule has 1 aromatic heterocycles. The largest absolute Gasteiger partial charge is 0.245 e. The summed E-state index contributed by atoms with van der Waals surface area (Å²) in [5, 5.41) is 4.45. The van der Waals surface area contributed by atoms with Crippen LogP contribution in [0, 0.1) is 0 Å². The van der Waals surface area contributed by atoms with E-state index in [0.717, 1.165) is 18.2 Å². The summed E-state index contributed by atoms with van der Waals surface area (Å²) in [6.07, 6.45) is 4.38. The van der Waals surface area contributed by atoms with Crippen LogP contribution < -0.4 is 0 Å². The Hall–Kier alpha value is -0.150. The summed E-state index contributed by atoms with van der Waals surface area (Å²) < 4.78 is 0. The van der Waals surface area contributed by atoms with Crippen LogP contribution in [-0.4, -0.2) is 10.3 Å². The van der Waals surface area contributed by atoms with E-state index in [9.17, 15) is 0 Å². The van der Waals surface area contributed by atoms with Crippen molar-refractivity contribution >= 4 is 27.3 Å². The van der Waals surface area contributed by atoms with Crippen LogP contribution >= 0.6 is 27.3 Å². The summed E-state index contributed by atoms with van der Waals surface area (Å²) in [6, 6.07) is 0. The first kappa shape index (κ1) is 13.9. The fraction of sp³-hybridized carbons (Fsp3) is 0.615. The van der Waals surface area contributed by atoms with Crippen molar-refractivity contribution in [1.29, 1.82) is 0 Å². The molecule has 0 atom stereocenters. The van der Waals surface area contributed by atoms with Crippen molar-refractivity contribution in [3.8, 4) is 0 Å². The second-order valence-electron chi connectivity index (χ2n) is 5.08. The van der Waals surface area contributed by atoms with E-state index >= 15 is 0 Å². The van der Waals surface area contributed by atoms with Gasteiger partial charge in [0.15, 0.2) is 0 Å². The number of nitrogens with zero attached hydrogens (tertiary/aromatic N) is 1. The van der Waals surface area contributed by atoms with E-state index in [1.54, 1.807) is 11.3 Å². The highest BCUT2D eigenvalue weighted by atomic mass is 79.9. The van der Waals surface area contributed by atoms with Crippen molar-refractivity contribution in [2.24, 2.45) is 0 Å². The van der Waals surface area contributed by atoms with Gasteiger partial charge in [0.25, 0.3) is 0 Å². The Bertz CT molecular complexity index is 360. The first-order valence-electron chi connectivity index (χ1n) is 5.60. The molecule has 0 aliphatic heterocycles. The molecule has 90 valence electrons. The van der Waals surface area contributed by atoms with Gasteiger partial charge in [-0.1, -0.05) is 48.4 Å². The Morgan fingerprint density at radius 2 is 2.19 bits per heavy atom. The van der Waals surface area contributed by atoms with Crippen LogP contribution in [0.4, 0.5) is 0 Å². The van der Waals surface area contributed by atoms with Crippen LogP contribution in [-0.2, 0) is 11.8 Å². The molecule has 0 saturated heterocycles. The maximum Gasteiger partial charge on any atom is 0.0968 e. The minimum atomic E-state index is 0.169. The first-order chi connectivity index (χ1) is 7.43. The van der Waals surface area contributed by atoms with Crippen molar-refractivity contribution in [3.63, 3.8) is 0 Å². The second kappa shape index (κ2) is 5.97. The smallest absolute Gasteiger partial charge is 0.0968 e. The maximum absolute atomic E-state index is 4.70. The molecular weight excluding hydrogens is 282 g/mol. The molecule has 0 spiro atoms. The normalized spacial score (nSPS) is 13.2. The number of allylic oxidation sites excluding steroid dienone is 2. The molecule has 1 aromatic rings. The van der Waals surface area contributed by atoms with Gasteiger partial charge in [-0.3, -0.25) is 0 Å². The Labute approximate surface area is 111 Å². The van der Waals surface area contributed by atoms with Crippen LogP contribution in [0.1, 0.15) is 44.8 Å².